The number of hydrogen-bond acceptors (Lipinski definition) is 1. The maximum absolute atomic E-state index is 10.2. The van der Waals surface area contributed by atoms with Crippen LogP contribution in [0.15, 0.2) is 23.3 Å². The van der Waals surface area contributed by atoms with Crippen LogP contribution in [-0.2, 0) is 0 Å². The van der Waals surface area contributed by atoms with Crippen LogP contribution < -0.4 is 0 Å². The van der Waals surface area contributed by atoms with Crippen molar-refractivity contribution in [2.24, 2.45) is 17.8 Å². The van der Waals surface area contributed by atoms with Crippen LogP contribution >= 0.6 is 0 Å². The molecule has 0 aliphatic heterocycles. The van der Waals surface area contributed by atoms with Crippen molar-refractivity contribution in [1.82, 2.24) is 0 Å². The third-order valence-electron chi connectivity index (χ3n) is 4.61. The fourth-order valence-corrected chi connectivity index (χ4v) is 3.26. The Labute approximate surface area is 99.3 Å². The highest BCUT2D eigenvalue weighted by atomic mass is 16.3. The van der Waals surface area contributed by atoms with E-state index >= 15 is 0 Å². The monoisotopic (exact) mass is 220 g/mol. The Morgan fingerprint density at radius 1 is 1.06 bits per heavy atom. The largest absolute Gasteiger partial charge is 0.390 e. The average molecular weight is 220 g/mol. The summed E-state index contributed by atoms with van der Waals surface area (Å²) in [7, 11) is 0. The molecule has 0 aromatic carbocycles. The standard InChI is InChI=1S/C15H24O/c1-10-5-7-12(15(3,4)16)9-14-11(2)6-8-13(10)14/h5-6,12-14,16H,7-9H2,1-4H3/t12-,13+,14+/m1/s1. The lowest BCUT2D eigenvalue weighted by atomic mass is 9.78. The van der Waals surface area contributed by atoms with E-state index < -0.39 is 5.60 Å². The summed E-state index contributed by atoms with van der Waals surface area (Å²) < 4.78 is 0. The van der Waals surface area contributed by atoms with Gasteiger partial charge in [0.1, 0.15) is 0 Å². The first kappa shape index (κ1) is 11.9. The maximum Gasteiger partial charge on any atom is 0.0622 e. The fourth-order valence-electron chi connectivity index (χ4n) is 3.26. The van der Waals surface area contributed by atoms with Crippen LogP contribution in [0.3, 0.4) is 0 Å². The van der Waals surface area contributed by atoms with Gasteiger partial charge in [-0.3, -0.25) is 0 Å². The Bertz CT molecular complexity index is 330. The molecule has 0 unspecified atom stereocenters. The molecule has 0 fully saturated rings. The van der Waals surface area contributed by atoms with Gasteiger partial charge in [-0.05, 0) is 64.7 Å². The van der Waals surface area contributed by atoms with Crippen molar-refractivity contribution in [3.05, 3.63) is 23.3 Å². The van der Waals surface area contributed by atoms with Crippen LogP contribution in [0.25, 0.3) is 0 Å². The van der Waals surface area contributed by atoms with Crippen LogP contribution in [0, 0.1) is 17.8 Å². The van der Waals surface area contributed by atoms with Crippen LogP contribution in [-0.4, -0.2) is 10.7 Å². The zero-order valence-corrected chi connectivity index (χ0v) is 11.0. The quantitative estimate of drug-likeness (QED) is 0.668. The van der Waals surface area contributed by atoms with Gasteiger partial charge < -0.3 is 5.11 Å². The topological polar surface area (TPSA) is 20.2 Å². The summed E-state index contributed by atoms with van der Waals surface area (Å²) in [4.78, 5) is 0. The first-order valence-electron chi connectivity index (χ1n) is 6.45. The van der Waals surface area contributed by atoms with Gasteiger partial charge in [-0.25, -0.2) is 0 Å². The van der Waals surface area contributed by atoms with Crippen molar-refractivity contribution in [3.8, 4) is 0 Å². The molecule has 0 saturated carbocycles. The third kappa shape index (κ3) is 2.10. The van der Waals surface area contributed by atoms with Crippen molar-refractivity contribution in [1.29, 1.82) is 0 Å². The van der Waals surface area contributed by atoms with E-state index in [4.69, 9.17) is 0 Å². The van der Waals surface area contributed by atoms with Gasteiger partial charge in [0.15, 0.2) is 0 Å². The lowest BCUT2D eigenvalue weighted by Gasteiger charge is -2.31. The number of fused-ring (bicyclic) bond motifs is 1. The zero-order valence-electron chi connectivity index (χ0n) is 11.0. The highest BCUT2D eigenvalue weighted by molar-refractivity contribution is 5.23. The molecule has 0 bridgehead atoms. The molecule has 0 heterocycles. The molecule has 1 heteroatoms. The first-order valence-corrected chi connectivity index (χ1v) is 6.45. The van der Waals surface area contributed by atoms with E-state index in [0.717, 1.165) is 12.8 Å². The number of hydrogen-bond donors (Lipinski definition) is 1. The molecule has 0 radical (unpaired) electrons. The van der Waals surface area contributed by atoms with Gasteiger partial charge >= 0.3 is 0 Å². The summed E-state index contributed by atoms with van der Waals surface area (Å²) in [6, 6.07) is 0. The molecule has 2 aliphatic rings. The number of rotatable bonds is 1. The van der Waals surface area contributed by atoms with Crippen LogP contribution in [0.4, 0.5) is 0 Å². The van der Waals surface area contributed by atoms with Crippen LogP contribution in [0.2, 0.25) is 0 Å². The molecule has 0 aromatic rings. The molecule has 0 amide bonds. The molecular weight excluding hydrogens is 196 g/mol. The molecule has 0 saturated heterocycles. The average Bonchev–Trinajstić information content (AvgIpc) is 2.42. The van der Waals surface area contributed by atoms with E-state index in [1.807, 2.05) is 13.8 Å². The van der Waals surface area contributed by atoms with E-state index in [1.54, 1.807) is 0 Å². The predicted octanol–water partition coefficient (Wildman–Crippen LogP) is 3.70. The van der Waals surface area contributed by atoms with Crippen molar-refractivity contribution in [3.63, 3.8) is 0 Å². The minimum absolute atomic E-state index is 0.402. The van der Waals surface area contributed by atoms with Gasteiger partial charge in [-0.1, -0.05) is 23.3 Å². The van der Waals surface area contributed by atoms with E-state index in [0.29, 0.717) is 17.8 Å². The lowest BCUT2D eigenvalue weighted by molar-refractivity contribution is 0.00911. The molecule has 1 nitrogen and oxygen atoms in total. The Balaban J connectivity index is 2.23. The SMILES string of the molecule is CC1=CC[C@@H](C(C)(C)O)C[C@H]2C(C)=CC[C@@H]12. The second-order valence-corrected chi connectivity index (χ2v) is 6.17. The molecule has 1 N–H and O–H groups in total. The number of aliphatic hydroxyl groups is 1. The Kier molecular flexibility index (Phi) is 3.00. The molecule has 0 spiro atoms. The summed E-state index contributed by atoms with van der Waals surface area (Å²) in [5.74, 6) is 1.79. The van der Waals surface area contributed by atoms with Gasteiger partial charge in [0.2, 0.25) is 0 Å². The predicted molar refractivity (Wildman–Crippen MR) is 68.1 cm³/mol. The Hall–Kier alpha value is -0.560. The molecule has 3 atom stereocenters. The van der Waals surface area contributed by atoms with E-state index in [1.165, 1.54) is 17.6 Å². The third-order valence-corrected chi connectivity index (χ3v) is 4.61. The normalized spacial score (nSPS) is 35.2. The highest BCUT2D eigenvalue weighted by Gasteiger charge is 2.37. The summed E-state index contributed by atoms with van der Waals surface area (Å²) in [6.07, 6.45) is 8.14. The van der Waals surface area contributed by atoms with Crippen molar-refractivity contribution >= 4 is 0 Å². The van der Waals surface area contributed by atoms with Crippen molar-refractivity contribution in [2.75, 3.05) is 0 Å². The van der Waals surface area contributed by atoms with Gasteiger partial charge in [0, 0.05) is 0 Å². The summed E-state index contributed by atoms with van der Waals surface area (Å²) in [6.45, 7) is 8.42. The second-order valence-electron chi connectivity index (χ2n) is 6.17. The molecule has 90 valence electrons. The van der Waals surface area contributed by atoms with Crippen LogP contribution in [0.1, 0.15) is 47.0 Å². The molecule has 16 heavy (non-hydrogen) atoms. The Morgan fingerprint density at radius 2 is 1.62 bits per heavy atom. The van der Waals surface area contributed by atoms with E-state index in [-0.39, 0.29) is 0 Å². The smallest absolute Gasteiger partial charge is 0.0622 e. The number of allylic oxidation sites excluding steroid dienone is 4. The fraction of sp³-hybridized carbons (Fsp3) is 0.733. The maximum atomic E-state index is 10.2. The summed E-state index contributed by atoms with van der Waals surface area (Å²) in [5.41, 5.74) is 2.52. The molecule has 2 aliphatic carbocycles. The summed E-state index contributed by atoms with van der Waals surface area (Å²) in [5, 5.41) is 10.2. The minimum Gasteiger partial charge on any atom is -0.390 e. The second kappa shape index (κ2) is 4.03. The van der Waals surface area contributed by atoms with Gasteiger partial charge in [-0.15, -0.1) is 0 Å². The molecule has 0 aromatic heterocycles. The van der Waals surface area contributed by atoms with E-state index in [9.17, 15) is 5.11 Å². The van der Waals surface area contributed by atoms with Crippen molar-refractivity contribution < 1.29 is 5.11 Å². The minimum atomic E-state index is -0.547. The van der Waals surface area contributed by atoms with Gasteiger partial charge in [-0.2, -0.15) is 0 Å². The first-order chi connectivity index (χ1) is 7.39. The highest BCUT2D eigenvalue weighted by Crippen LogP contribution is 2.45. The molecule has 2 rings (SSSR count). The van der Waals surface area contributed by atoms with Crippen molar-refractivity contribution in [2.45, 2.75) is 52.6 Å². The van der Waals surface area contributed by atoms with E-state index in [2.05, 4.69) is 26.0 Å². The summed E-state index contributed by atoms with van der Waals surface area (Å²) >= 11 is 0. The lowest BCUT2D eigenvalue weighted by Crippen LogP contribution is -2.32. The Morgan fingerprint density at radius 3 is 2.25 bits per heavy atom. The van der Waals surface area contributed by atoms with Crippen LogP contribution in [0.5, 0.6) is 0 Å². The molecular formula is C15H24O. The zero-order chi connectivity index (χ0) is 11.9. The van der Waals surface area contributed by atoms with Gasteiger partial charge in [0.05, 0.1) is 5.60 Å². The van der Waals surface area contributed by atoms with Gasteiger partial charge in [0.25, 0.3) is 0 Å².